The lowest BCUT2D eigenvalue weighted by Gasteiger charge is -2.05. The molecular weight excluding hydrogens is 192 g/mol. The van der Waals surface area contributed by atoms with E-state index in [9.17, 15) is 4.79 Å². The van der Waals surface area contributed by atoms with Gasteiger partial charge < -0.3 is 0 Å². The van der Waals surface area contributed by atoms with Gasteiger partial charge in [0.1, 0.15) is 0 Å². The van der Waals surface area contributed by atoms with Gasteiger partial charge in [0.05, 0.1) is 12.5 Å². The Morgan fingerprint density at radius 1 is 1.27 bits per heavy atom. The molecule has 3 heteroatoms. The first-order chi connectivity index (χ1) is 7.18. The van der Waals surface area contributed by atoms with Crippen LogP contribution in [0.25, 0.3) is 0 Å². The quantitative estimate of drug-likeness (QED) is 0.551. The lowest BCUT2D eigenvalue weighted by atomic mass is 10.1. The molecule has 0 aromatic heterocycles. The molecule has 0 N–H and O–H groups in total. The molecule has 0 fully saturated rings. The zero-order valence-electron chi connectivity index (χ0n) is 9.10. The highest BCUT2D eigenvalue weighted by molar-refractivity contribution is 5.69. The fourth-order valence-electron chi connectivity index (χ4n) is 1.08. The molecule has 0 aliphatic rings. The monoisotopic (exact) mass is 208 g/mol. The van der Waals surface area contributed by atoms with Crippen molar-refractivity contribution in [1.29, 1.82) is 0 Å². The van der Waals surface area contributed by atoms with Crippen molar-refractivity contribution in [2.24, 2.45) is 0 Å². The van der Waals surface area contributed by atoms with Crippen LogP contribution in [0, 0.1) is 0 Å². The molecule has 0 saturated carbocycles. The highest BCUT2D eigenvalue weighted by Gasteiger charge is 2.05. The fourth-order valence-corrected chi connectivity index (χ4v) is 1.08. The molecule has 0 saturated heterocycles. The molecule has 1 aromatic carbocycles. The van der Waals surface area contributed by atoms with Crippen molar-refractivity contribution < 1.29 is 14.6 Å². The summed E-state index contributed by atoms with van der Waals surface area (Å²) < 4.78 is 0. The topological polar surface area (TPSA) is 35.5 Å². The van der Waals surface area contributed by atoms with E-state index in [-0.39, 0.29) is 12.1 Å². The highest BCUT2D eigenvalue weighted by atomic mass is 17.2. The van der Waals surface area contributed by atoms with Crippen molar-refractivity contribution in [3.05, 3.63) is 35.9 Å². The third kappa shape index (κ3) is 5.18. The maximum absolute atomic E-state index is 11.2. The van der Waals surface area contributed by atoms with E-state index in [0.717, 1.165) is 5.56 Å². The predicted molar refractivity (Wildman–Crippen MR) is 57.1 cm³/mol. The van der Waals surface area contributed by atoms with Crippen LogP contribution in [0.15, 0.2) is 30.3 Å². The van der Waals surface area contributed by atoms with Crippen LogP contribution in [0.2, 0.25) is 0 Å². The summed E-state index contributed by atoms with van der Waals surface area (Å²) in [5.74, 6) is -0.326. The zero-order valence-corrected chi connectivity index (χ0v) is 9.10. The van der Waals surface area contributed by atoms with Crippen molar-refractivity contribution >= 4 is 5.97 Å². The van der Waals surface area contributed by atoms with Crippen molar-refractivity contribution in [3.63, 3.8) is 0 Å². The third-order valence-electron chi connectivity index (χ3n) is 1.79. The predicted octanol–water partition coefficient (Wildman–Crippen LogP) is 2.50. The number of hydrogen-bond acceptors (Lipinski definition) is 3. The number of benzene rings is 1. The Kier molecular flexibility index (Phi) is 4.84. The SMILES string of the molecule is CC(C)OOC(=O)CCc1ccccc1. The Morgan fingerprint density at radius 3 is 2.53 bits per heavy atom. The molecule has 82 valence electrons. The number of rotatable bonds is 5. The van der Waals surface area contributed by atoms with E-state index < -0.39 is 0 Å². The number of carbonyl (C=O) groups excluding carboxylic acids is 1. The Hall–Kier alpha value is -1.35. The molecular formula is C12H16O3. The minimum atomic E-state index is -0.326. The van der Waals surface area contributed by atoms with Gasteiger partial charge in [0, 0.05) is 0 Å². The Morgan fingerprint density at radius 2 is 1.93 bits per heavy atom. The minimum Gasteiger partial charge on any atom is -0.298 e. The second kappa shape index (κ2) is 6.19. The second-order valence-corrected chi connectivity index (χ2v) is 3.59. The molecule has 0 aliphatic heterocycles. The molecule has 0 aliphatic carbocycles. The number of carbonyl (C=O) groups is 1. The maximum Gasteiger partial charge on any atom is 0.342 e. The third-order valence-corrected chi connectivity index (χ3v) is 1.79. The molecule has 0 amide bonds. The smallest absolute Gasteiger partial charge is 0.298 e. The second-order valence-electron chi connectivity index (χ2n) is 3.59. The molecule has 0 heterocycles. The van der Waals surface area contributed by atoms with E-state index >= 15 is 0 Å². The molecule has 0 bridgehead atoms. The van der Waals surface area contributed by atoms with Crippen LogP contribution in [-0.2, 0) is 21.0 Å². The lowest BCUT2D eigenvalue weighted by Crippen LogP contribution is -2.11. The van der Waals surface area contributed by atoms with E-state index in [2.05, 4.69) is 4.89 Å². The summed E-state index contributed by atoms with van der Waals surface area (Å²) in [6.07, 6.45) is 0.934. The van der Waals surface area contributed by atoms with E-state index in [0.29, 0.717) is 12.8 Å². The first-order valence-electron chi connectivity index (χ1n) is 5.08. The normalized spacial score (nSPS) is 10.3. The van der Waals surface area contributed by atoms with Crippen LogP contribution in [0.1, 0.15) is 25.8 Å². The maximum atomic E-state index is 11.2. The molecule has 0 spiro atoms. The summed E-state index contributed by atoms with van der Waals surface area (Å²) in [5.41, 5.74) is 1.12. The van der Waals surface area contributed by atoms with Gasteiger partial charge in [-0.2, -0.15) is 4.89 Å². The van der Waals surface area contributed by atoms with E-state index in [1.165, 1.54) is 0 Å². The lowest BCUT2D eigenvalue weighted by molar-refractivity contribution is -0.291. The minimum absolute atomic E-state index is 0.0920. The van der Waals surface area contributed by atoms with Gasteiger partial charge in [-0.15, -0.1) is 0 Å². The standard InChI is InChI=1S/C12H16O3/c1-10(2)14-15-12(13)9-8-11-6-4-3-5-7-11/h3-7,10H,8-9H2,1-2H3. The zero-order chi connectivity index (χ0) is 11.1. The summed E-state index contributed by atoms with van der Waals surface area (Å²) in [6, 6.07) is 9.81. The Labute approximate surface area is 89.9 Å². The van der Waals surface area contributed by atoms with E-state index in [4.69, 9.17) is 4.89 Å². The van der Waals surface area contributed by atoms with Gasteiger partial charge in [0.25, 0.3) is 0 Å². The van der Waals surface area contributed by atoms with Crippen LogP contribution in [-0.4, -0.2) is 12.1 Å². The first-order valence-corrected chi connectivity index (χ1v) is 5.08. The fraction of sp³-hybridized carbons (Fsp3) is 0.417. The van der Waals surface area contributed by atoms with E-state index in [1.54, 1.807) is 0 Å². The Balaban J connectivity index is 2.23. The Bertz CT molecular complexity index is 293. The van der Waals surface area contributed by atoms with Gasteiger partial charge in [-0.3, -0.25) is 4.89 Å². The van der Waals surface area contributed by atoms with Crippen molar-refractivity contribution in [3.8, 4) is 0 Å². The van der Waals surface area contributed by atoms with Gasteiger partial charge in [0.15, 0.2) is 0 Å². The van der Waals surface area contributed by atoms with E-state index in [1.807, 2.05) is 44.2 Å². The number of hydrogen-bond donors (Lipinski definition) is 0. The molecule has 0 atom stereocenters. The van der Waals surface area contributed by atoms with Crippen molar-refractivity contribution in [2.45, 2.75) is 32.8 Å². The van der Waals surface area contributed by atoms with Crippen molar-refractivity contribution in [2.75, 3.05) is 0 Å². The molecule has 1 aromatic rings. The summed E-state index contributed by atoms with van der Waals surface area (Å²) in [7, 11) is 0. The molecule has 3 nitrogen and oxygen atoms in total. The average Bonchev–Trinajstić information content (AvgIpc) is 2.25. The molecule has 1 rings (SSSR count). The van der Waals surface area contributed by atoms with Crippen LogP contribution >= 0.6 is 0 Å². The largest absolute Gasteiger partial charge is 0.342 e. The van der Waals surface area contributed by atoms with Crippen LogP contribution in [0.5, 0.6) is 0 Å². The van der Waals surface area contributed by atoms with Crippen LogP contribution < -0.4 is 0 Å². The molecule has 15 heavy (non-hydrogen) atoms. The van der Waals surface area contributed by atoms with Gasteiger partial charge in [0.2, 0.25) is 0 Å². The van der Waals surface area contributed by atoms with Gasteiger partial charge >= 0.3 is 5.97 Å². The summed E-state index contributed by atoms with van der Waals surface area (Å²) >= 11 is 0. The average molecular weight is 208 g/mol. The van der Waals surface area contributed by atoms with Crippen LogP contribution in [0.3, 0.4) is 0 Å². The first kappa shape index (κ1) is 11.7. The van der Waals surface area contributed by atoms with Gasteiger partial charge in [-0.05, 0) is 25.8 Å². The van der Waals surface area contributed by atoms with Crippen molar-refractivity contribution in [1.82, 2.24) is 0 Å². The van der Waals surface area contributed by atoms with Crippen LogP contribution in [0.4, 0.5) is 0 Å². The highest BCUT2D eigenvalue weighted by Crippen LogP contribution is 2.03. The molecule has 0 radical (unpaired) electrons. The summed E-state index contributed by atoms with van der Waals surface area (Å²) in [4.78, 5) is 20.5. The number of aryl methyl sites for hydroxylation is 1. The van der Waals surface area contributed by atoms with Gasteiger partial charge in [-0.25, -0.2) is 4.79 Å². The van der Waals surface area contributed by atoms with Gasteiger partial charge in [-0.1, -0.05) is 30.3 Å². The summed E-state index contributed by atoms with van der Waals surface area (Å²) in [5, 5.41) is 0. The molecule has 0 unspecified atom stereocenters. The summed E-state index contributed by atoms with van der Waals surface area (Å²) in [6.45, 7) is 3.62.